The van der Waals surface area contributed by atoms with E-state index in [-0.39, 0.29) is 12.0 Å². The molecule has 1 unspecified atom stereocenters. The van der Waals surface area contributed by atoms with Gasteiger partial charge in [0.05, 0.1) is 31.5 Å². The van der Waals surface area contributed by atoms with Crippen LogP contribution in [0.4, 0.5) is 13.2 Å². The lowest BCUT2D eigenvalue weighted by Crippen LogP contribution is -2.32. The van der Waals surface area contributed by atoms with Gasteiger partial charge in [-0.25, -0.2) is 4.79 Å². The molecule has 3 aromatic rings. The Morgan fingerprint density at radius 3 is 2.58 bits per heavy atom. The summed E-state index contributed by atoms with van der Waals surface area (Å²) in [4.78, 5) is 21.5. The summed E-state index contributed by atoms with van der Waals surface area (Å²) in [5.41, 5.74) is 3.67. The van der Waals surface area contributed by atoms with Gasteiger partial charge in [-0.05, 0) is 35.7 Å². The summed E-state index contributed by atoms with van der Waals surface area (Å²) < 4.78 is 44.8. The van der Waals surface area contributed by atoms with Crippen molar-refractivity contribution in [2.75, 3.05) is 20.3 Å². The summed E-state index contributed by atoms with van der Waals surface area (Å²) >= 11 is 5.97. The average molecular weight is 526 g/mol. The maximum absolute atomic E-state index is 12.6. The standard InChI is InChI=1S/C22H22ClN3O3.C2HF3O2/c1-28-19-11-17(23)7-8-18(19)22(27)24-12-20-21-16(9-10-29-20)14-26(25-21)13-15-5-3-2-4-6-15;3-2(4,5)1(6)7/h2-8,11,14,20H,9-10,12-13H2,1H3,(H,24,27);(H,6,7). The van der Waals surface area contributed by atoms with E-state index in [1.54, 1.807) is 18.2 Å². The largest absolute Gasteiger partial charge is 0.496 e. The Kier molecular flexibility index (Phi) is 8.94. The highest BCUT2D eigenvalue weighted by molar-refractivity contribution is 6.30. The molecular weight excluding hydrogens is 503 g/mol. The summed E-state index contributed by atoms with van der Waals surface area (Å²) in [6, 6.07) is 15.1. The summed E-state index contributed by atoms with van der Waals surface area (Å²) in [6.07, 6.45) is -2.47. The smallest absolute Gasteiger partial charge is 0.490 e. The molecule has 8 nitrogen and oxygen atoms in total. The Balaban J connectivity index is 0.000000454. The molecule has 0 bridgehead atoms. The third kappa shape index (κ3) is 7.22. The van der Waals surface area contributed by atoms with Crippen LogP contribution in [0, 0.1) is 0 Å². The van der Waals surface area contributed by atoms with Gasteiger partial charge >= 0.3 is 12.1 Å². The van der Waals surface area contributed by atoms with E-state index >= 15 is 0 Å². The molecular formula is C24H23ClF3N3O5. The van der Waals surface area contributed by atoms with Gasteiger partial charge in [0.1, 0.15) is 11.9 Å². The maximum Gasteiger partial charge on any atom is 0.490 e. The van der Waals surface area contributed by atoms with Crippen molar-refractivity contribution in [2.45, 2.75) is 25.2 Å². The second kappa shape index (κ2) is 11.9. The van der Waals surface area contributed by atoms with Crippen LogP contribution in [0.5, 0.6) is 5.75 Å². The molecule has 4 rings (SSSR count). The SMILES string of the molecule is COc1cc(Cl)ccc1C(=O)NCC1OCCc2cn(Cc3ccccc3)nc21.O=C(O)C(F)(F)F. The molecule has 0 saturated carbocycles. The topological polar surface area (TPSA) is 103 Å². The van der Waals surface area contributed by atoms with Crippen LogP contribution in [-0.2, 0) is 22.5 Å². The van der Waals surface area contributed by atoms with Gasteiger partial charge < -0.3 is 19.9 Å². The van der Waals surface area contributed by atoms with Crippen molar-refractivity contribution in [2.24, 2.45) is 0 Å². The van der Waals surface area contributed by atoms with Crippen LogP contribution in [0.25, 0.3) is 0 Å². The number of amides is 1. The van der Waals surface area contributed by atoms with Crippen LogP contribution in [0.1, 0.15) is 33.3 Å². The first kappa shape index (κ1) is 27.0. The van der Waals surface area contributed by atoms with E-state index in [1.807, 2.05) is 22.9 Å². The molecule has 0 aliphatic carbocycles. The number of carbonyl (C=O) groups is 2. The Bertz CT molecular complexity index is 1200. The molecule has 1 atom stereocenters. The van der Waals surface area contributed by atoms with Crippen LogP contribution in [0.15, 0.2) is 54.7 Å². The van der Waals surface area contributed by atoms with Gasteiger partial charge in [-0.2, -0.15) is 18.3 Å². The van der Waals surface area contributed by atoms with Crippen molar-refractivity contribution in [3.63, 3.8) is 0 Å². The summed E-state index contributed by atoms with van der Waals surface area (Å²) in [5, 5.41) is 15.3. The van der Waals surface area contributed by atoms with E-state index in [1.165, 1.54) is 12.7 Å². The molecule has 0 saturated heterocycles. The van der Waals surface area contributed by atoms with Crippen molar-refractivity contribution in [3.05, 3.63) is 82.1 Å². The Morgan fingerprint density at radius 2 is 1.94 bits per heavy atom. The molecule has 1 amide bonds. The first-order valence-electron chi connectivity index (χ1n) is 10.7. The fraction of sp³-hybridized carbons (Fsp3) is 0.292. The lowest BCUT2D eigenvalue weighted by atomic mass is 10.1. The molecule has 1 aromatic heterocycles. The van der Waals surface area contributed by atoms with Gasteiger partial charge in [0, 0.05) is 17.8 Å². The minimum atomic E-state index is -5.08. The van der Waals surface area contributed by atoms with Gasteiger partial charge in [0.25, 0.3) is 5.91 Å². The van der Waals surface area contributed by atoms with Gasteiger partial charge in [-0.1, -0.05) is 41.9 Å². The Hall–Kier alpha value is -3.57. The lowest BCUT2D eigenvalue weighted by molar-refractivity contribution is -0.192. The van der Waals surface area contributed by atoms with E-state index in [9.17, 15) is 18.0 Å². The number of ether oxygens (including phenoxy) is 2. The molecule has 0 spiro atoms. The van der Waals surface area contributed by atoms with Gasteiger partial charge in [-0.3, -0.25) is 9.48 Å². The molecule has 36 heavy (non-hydrogen) atoms. The van der Waals surface area contributed by atoms with Gasteiger partial charge in [0.15, 0.2) is 0 Å². The molecule has 1 aliphatic heterocycles. The number of aromatic nitrogens is 2. The van der Waals surface area contributed by atoms with E-state index < -0.39 is 12.1 Å². The highest BCUT2D eigenvalue weighted by atomic mass is 35.5. The number of hydrogen-bond donors (Lipinski definition) is 2. The van der Waals surface area contributed by atoms with E-state index in [4.69, 9.17) is 36.1 Å². The van der Waals surface area contributed by atoms with Gasteiger partial charge in [-0.15, -0.1) is 0 Å². The van der Waals surface area contributed by atoms with Crippen LogP contribution in [0.3, 0.4) is 0 Å². The number of benzene rings is 2. The summed E-state index contributed by atoms with van der Waals surface area (Å²) in [6.45, 7) is 1.64. The second-order valence-electron chi connectivity index (χ2n) is 7.69. The molecule has 2 heterocycles. The maximum atomic E-state index is 12.6. The summed E-state index contributed by atoms with van der Waals surface area (Å²) in [5.74, 6) is -2.56. The van der Waals surface area contributed by atoms with Crippen LogP contribution >= 0.6 is 11.6 Å². The number of aliphatic carboxylic acids is 1. The van der Waals surface area contributed by atoms with Crippen molar-refractivity contribution in [1.82, 2.24) is 15.1 Å². The number of methoxy groups -OCH3 is 1. The lowest BCUT2D eigenvalue weighted by Gasteiger charge is -2.22. The number of hydrogen-bond acceptors (Lipinski definition) is 5. The number of nitrogens with one attached hydrogen (secondary N) is 1. The van der Waals surface area contributed by atoms with E-state index in [0.717, 1.165) is 17.7 Å². The van der Waals surface area contributed by atoms with Crippen molar-refractivity contribution >= 4 is 23.5 Å². The fourth-order valence-electron chi connectivity index (χ4n) is 3.47. The minimum absolute atomic E-state index is 0.238. The zero-order chi connectivity index (χ0) is 26.3. The number of carbonyl (C=O) groups excluding carboxylic acids is 1. The zero-order valence-corrected chi connectivity index (χ0v) is 19.8. The molecule has 2 aromatic carbocycles. The van der Waals surface area contributed by atoms with Crippen LogP contribution in [-0.4, -0.2) is 53.2 Å². The van der Waals surface area contributed by atoms with Crippen molar-refractivity contribution < 1.29 is 37.3 Å². The number of nitrogens with zero attached hydrogens (tertiary/aromatic N) is 2. The zero-order valence-electron chi connectivity index (χ0n) is 19.1. The highest BCUT2D eigenvalue weighted by Crippen LogP contribution is 2.27. The first-order chi connectivity index (χ1) is 17.1. The highest BCUT2D eigenvalue weighted by Gasteiger charge is 2.38. The molecule has 2 N–H and O–H groups in total. The second-order valence-corrected chi connectivity index (χ2v) is 8.13. The minimum Gasteiger partial charge on any atom is -0.496 e. The number of rotatable bonds is 6. The normalized spacial score (nSPS) is 14.8. The number of alkyl halides is 3. The van der Waals surface area contributed by atoms with Gasteiger partial charge in [0.2, 0.25) is 0 Å². The first-order valence-corrected chi connectivity index (χ1v) is 11.1. The van der Waals surface area contributed by atoms with Crippen LogP contribution in [0.2, 0.25) is 5.02 Å². The monoisotopic (exact) mass is 525 g/mol. The van der Waals surface area contributed by atoms with Crippen molar-refractivity contribution in [3.8, 4) is 5.75 Å². The molecule has 0 fully saturated rings. The molecule has 0 radical (unpaired) electrons. The third-order valence-corrected chi connectivity index (χ3v) is 5.39. The van der Waals surface area contributed by atoms with Crippen molar-refractivity contribution in [1.29, 1.82) is 0 Å². The average Bonchev–Trinajstić information content (AvgIpc) is 3.25. The number of halogens is 4. The van der Waals surface area contributed by atoms with E-state index in [0.29, 0.717) is 36.0 Å². The Morgan fingerprint density at radius 1 is 1.25 bits per heavy atom. The predicted octanol–water partition coefficient (Wildman–Crippen LogP) is 4.27. The fourth-order valence-corrected chi connectivity index (χ4v) is 3.63. The molecule has 192 valence electrons. The van der Waals surface area contributed by atoms with Crippen LogP contribution < -0.4 is 10.1 Å². The summed E-state index contributed by atoms with van der Waals surface area (Å²) in [7, 11) is 1.51. The quantitative estimate of drug-likeness (QED) is 0.498. The number of carboxylic acid groups (broad SMARTS) is 1. The molecule has 12 heteroatoms. The van der Waals surface area contributed by atoms with E-state index in [2.05, 4.69) is 23.6 Å². The third-order valence-electron chi connectivity index (χ3n) is 5.15. The Labute approximate surface area is 209 Å². The molecule has 1 aliphatic rings. The predicted molar refractivity (Wildman–Crippen MR) is 124 cm³/mol. The number of fused-ring (bicyclic) bond motifs is 1. The number of carboxylic acids is 1.